The molecule has 0 spiro atoms. The fourth-order valence-corrected chi connectivity index (χ4v) is 4.13. The number of rotatable bonds is 5. The Bertz CT molecular complexity index is 868. The molecule has 6 heteroatoms. The lowest BCUT2D eigenvalue weighted by atomic mass is 10.1. The summed E-state index contributed by atoms with van der Waals surface area (Å²) in [5.41, 5.74) is 5.27. The zero-order valence-electron chi connectivity index (χ0n) is 14.4. The van der Waals surface area contributed by atoms with Gasteiger partial charge in [-0.15, -0.1) is 10.2 Å². The van der Waals surface area contributed by atoms with Crippen LogP contribution in [0.1, 0.15) is 32.6 Å². The fourth-order valence-electron chi connectivity index (χ4n) is 2.42. The second-order valence-corrected chi connectivity index (χ2v) is 8.18. The third kappa shape index (κ3) is 4.90. The van der Waals surface area contributed by atoms with Gasteiger partial charge in [-0.1, -0.05) is 70.1 Å². The monoisotopic (exact) mass is 369 g/mol. The molecule has 0 fully saturated rings. The Labute approximate surface area is 155 Å². The predicted molar refractivity (Wildman–Crippen MR) is 105 cm³/mol. The minimum atomic E-state index is -0.155. The van der Waals surface area contributed by atoms with E-state index in [4.69, 9.17) is 0 Å². The van der Waals surface area contributed by atoms with Gasteiger partial charge in [0.1, 0.15) is 0 Å². The molecule has 0 unspecified atom stereocenters. The Balaban J connectivity index is 1.61. The van der Waals surface area contributed by atoms with Crippen molar-refractivity contribution in [3.63, 3.8) is 0 Å². The number of benzene rings is 2. The van der Waals surface area contributed by atoms with E-state index in [2.05, 4.69) is 46.7 Å². The SMILES string of the molecule is Cc1ccc(CSc2nnc(NC(=O)c3cc(C)cc(C)c3)s2)cc1. The minimum absolute atomic E-state index is 0.155. The molecule has 2 aromatic carbocycles. The molecule has 0 aliphatic rings. The Morgan fingerprint density at radius 1 is 1.00 bits per heavy atom. The van der Waals surface area contributed by atoms with Gasteiger partial charge in [-0.3, -0.25) is 10.1 Å². The van der Waals surface area contributed by atoms with Crippen LogP contribution in [0.3, 0.4) is 0 Å². The van der Waals surface area contributed by atoms with Crippen LogP contribution in [0.4, 0.5) is 5.13 Å². The molecule has 0 aliphatic carbocycles. The van der Waals surface area contributed by atoms with Crippen LogP contribution in [0.2, 0.25) is 0 Å². The highest BCUT2D eigenvalue weighted by atomic mass is 32.2. The second kappa shape index (κ2) is 7.80. The van der Waals surface area contributed by atoms with Crippen LogP contribution in [0.15, 0.2) is 46.8 Å². The van der Waals surface area contributed by atoms with Crippen molar-refractivity contribution in [3.8, 4) is 0 Å². The van der Waals surface area contributed by atoms with Gasteiger partial charge < -0.3 is 0 Å². The van der Waals surface area contributed by atoms with Gasteiger partial charge in [0.25, 0.3) is 5.91 Å². The van der Waals surface area contributed by atoms with Crippen molar-refractivity contribution in [1.82, 2.24) is 10.2 Å². The van der Waals surface area contributed by atoms with Crippen molar-refractivity contribution in [2.45, 2.75) is 30.9 Å². The third-order valence-electron chi connectivity index (χ3n) is 3.59. The highest BCUT2D eigenvalue weighted by molar-refractivity contribution is 8.00. The van der Waals surface area contributed by atoms with Crippen molar-refractivity contribution in [1.29, 1.82) is 0 Å². The van der Waals surface area contributed by atoms with E-state index >= 15 is 0 Å². The molecule has 0 radical (unpaired) electrons. The summed E-state index contributed by atoms with van der Waals surface area (Å²) in [4.78, 5) is 12.4. The summed E-state index contributed by atoms with van der Waals surface area (Å²) < 4.78 is 0.844. The molecular formula is C19H19N3OS2. The maximum absolute atomic E-state index is 12.4. The van der Waals surface area contributed by atoms with Gasteiger partial charge in [-0.25, -0.2) is 0 Å². The normalized spacial score (nSPS) is 10.7. The predicted octanol–water partition coefficient (Wildman–Crippen LogP) is 5.01. The minimum Gasteiger partial charge on any atom is -0.296 e. The summed E-state index contributed by atoms with van der Waals surface area (Å²) in [6.45, 7) is 6.04. The number of nitrogens with zero attached hydrogens (tertiary/aromatic N) is 2. The first-order valence-corrected chi connectivity index (χ1v) is 9.71. The Morgan fingerprint density at radius 2 is 1.68 bits per heavy atom. The van der Waals surface area contributed by atoms with Gasteiger partial charge in [0.2, 0.25) is 5.13 Å². The number of anilines is 1. The Hall–Kier alpha value is -2.18. The Morgan fingerprint density at radius 3 is 2.36 bits per heavy atom. The number of hydrogen-bond acceptors (Lipinski definition) is 5. The van der Waals surface area contributed by atoms with Gasteiger partial charge >= 0.3 is 0 Å². The summed E-state index contributed by atoms with van der Waals surface area (Å²) in [5.74, 6) is 0.679. The quantitative estimate of drug-likeness (QED) is 0.507. The first-order chi connectivity index (χ1) is 12.0. The fraction of sp³-hybridized carbons (Fsp3) is 0.211. The molecule has 128 valence electrons. The maximum Gasteiger partial charge on any atom is 0.257 e. The molecular weight excluding hydrogens is 350 g/mol. The molecule has 1 aromatic heterocycles. The standard InChI is InChI=1S/C19H19N3OS2/c1-12-4-6-15(7-5-12)11-24-19-22-21-18(25-19)20-17(23)16-9-13(2)8-14(3)10-16/h4-10H,11H2,1-3H3,(H,20,21,23). The van der Waals surface area contributed by atoms with Crippen molar-refractivity contribution >= 4 is 34.1 Å². The van der Waals surface area contributed by atoms with Crippen LogP contribution < -0.4 is 5.32 Å². The van der Waals surface area contributed by atoms with Crippen LogP contribution >= 0.6 is 23.1 Å². The average Bonchev–Trinajstić information content (AvgIpc) is 3.01. The van der Waals surface area contributed by atoms with E-state index in [0.717, 1.165) is 21.2 Å². The summed E-state index contributed by atoms with van der Waals surface area (Å²) in [7, 11) is 0. The van der Waals surface area contributed by atoms with E-state index < -0.39 is 0 Å². The number of carbonyl (C=O) groups excluding carboxylic acids is 1. The van der Waals surface area contributed by atoms with Crippen molar-refractivity contribution < 1.29 is 4.79 Å². The number of nitrogens with one attached hydrogen (secondary N) is 1. The van der Waals surface area contributed by atoms with Gasteiger partial charge in [-0.05, 0) is 38.5 Å². The number of carbonyl (C=O) groups is 1. The van der Waals surface area contributed by atoms with Gasteiger partial charge in [0, 0.05) is 11.3 Å². The maximum atomic E-state index is 12.4. The summed E-state index contributed by atoms with van der Waals surface area (Å²) >= 11 is 3.02. The van der Waals surface area contributed by atoms with Crippen molar-refractivity contribution in [2.75, 3.05) is 5.32 Å². The Kier molecular flexibility index (Phi) is 5.50. The molecule has 3 aromatic rings. The molecule has 25 heavy (non-hydrogen) atoms. The highest BCUT2D eigenvalue weighted by Crippen LogP contribution is 2.28. The topological polar surface area (TPSA) is 54.9 Å². The smallest absolute Gasteiger partial charge is 0.257 e. The molecule has 4 nitrogen and oxygen atoms in total. The van der Waals surface area contributed by atoms with Crippen LogP contribution in [0.25, 0.3) is 0 Å². The number of amides is 1. The summed E-state index contributed by atoms with van der Waals surface area (Å²) in [6, 6.07) is 14.2. The lowest BCUT2D eigenvalue weighted by Gasteiger charge is -2.04. The highest BCUT2D eigenvalue weighted by Gasteiger charge is 2.11. The first kappa shape index (κ1) is 17.6. The number of aromatic nitrogens is 2. The number of hydrogen-bond donors (Lipinski definition) is 1. The molecule has 0 atom stereocenters. The van der Waals surface area contributed by atoms with Crippen LogP contribution in [0, 0.1) is 20.8 Å². The van der Waals surface area contributed by atoms with Gasteiger partial charge in [0.15, 0.2) is 4.34 Å². The molecule has 0 saturated carbocycles. The number of aryl methyl sites for hydroxylation is 3. The van der Waals surface area contributed by atoms with E-state index in [-0.39, 0.29) is 5.91 Å². The van der Waals surface area contributed by atoms with Gasteiger partial charge in [0.05, 0.1) is 0 Å². The van der Waals surface area contributed by atoms with Crippen molar-refractivity contribution in [2.24, 2.45) is 0 Å². The molecule has 3 rings (SSSR count). The average molecular weight is 370 g/mol. The molecule has 1 N–H and O–H groups in total. The van der Waals surface area contributed by atoms with Gasteiger partial charge in [-0.2, -0.15) is 0 Å². The first-order valence-electron chi connectivity index (χ1n) is 7.91. The largest absolute Gasteiger partial charge is 0.296 e. The van der Waals surface area contributed by atoms with Crippen LogP contribution in [-0.4, -0.2) is 16.1 Å². The van der Waals surface area contributed by atoms with Crippen LogP contribution in [-0.2, 0) is 5.75 Å². The summed E-state index contributed by atoms with van der Waals surface area (Å²) in [5, 5.41) is 11.6. The lowest BCUT2D eigenvalue weighted by Crippen LogP contribution is -2.12. The summed E-state index contributed by atoms with van der Waals surface area (Å²) in [6.07, 6.45) is 0. The van der Waals surface area contributed by atoms with E-state index in [9.17, 15) is 4.79 Å². The third-order valence-corrected chi connectivity index (χ3v) is 5.64. The molecule has 0 saturated heterocycles. The lowest BCUT2D eigenvalue weighted by molar-refractivity contribution is 0.102. The zero-order chi connectivity index (χ0) is 17.8. The van der Waals surface area contributed by atoms with E-state index in [1.165, 1.54) is 22.5 Å². The van der Waals surface area contributed by atoms with E-state index in [0.29, 0.717) is 10.7 Å². The van der Waals surface area contributed by atoms with E-state index in [1.54, 1.807) is 11.8 Å². The molecule has 1 heterocycles. The molecule has 0 aliphatic heterocycles. The van der Waals surface area contributed by atoms with Crippen LogP contribution in [0.5, 0.6) is 0 Å². The molecule has 0 bridgehead atoms. The van der Waals surface area contributed by atoms with Crippen molar-refractivity contribution in [3.05, 3.63) is 70.3 Å². The zero-order valence-corrected chi connectivity index (χ0v) is 16.0. The molecule has 1 amide bonds. The van der Waals surface area contributed by atoms with E-state index in [1.807, 2.05) is 32.0 Å². The second-order valence-electron chi connectivity index (χ2n) is 5.98. The number of thioether (sulfide) groups is 1.